The van der Waals surface area contributed by atoms with Gasteiger partial charge in [-0.05, 0) is 55.5 Å². The Hall–Kier alpha value is -3.46. The van der Waals surface area contributed by atoms with Crippen molar-refractivity contribution in [2.45, 2.75) is 31.7 Å². The Morgan fingerprint density at radius 1 is 1.10 bits per heavy atom. The third-order valence-corrected chi connectivity index (χ3v) is 6.61. The Labute approximate surface area is 182 Å². The number of nitriles is 1. The van der Waals surface area contributed by atoms with Crippen molar-refractivity contribution in [1.82, 2.24) is 14.9 Å². The van der Waals surface area contributed by atoms with Gasteiger partial charge in [-0.25, -0.2) is 4.98 Å². The molecule has 6 nitrogen and oxygen atoms in total. The second-order valence-corrected chi connectivity index (χ2v) is 8.46. The zero-order chi connectivity index (χ0) is 21.2. The van der Waals surface area contributed by atoms with Crippen molar-refractivity contribution in [2.24, 2.45) is 5.92 Å². The monoisotopic (exact) mass is 411 g/mol. The van der Waals surface area contributed by atoms with Gasteiger partial charge in [0.15, 0.2) is 0 Å². The average Bonchev–Trinajstić information content (AvgIpc) is 3.14. The first-order valence-corrected chi connectivity index (χ1v) is 11.0. The number of anilines is 1. The number of rotatable bonds is 5. The van der Waals surface area contributed by atoms with Gasteiger partial charge in [-0.2, -0.15) is 5.26 Å². The van der Waals surface area contributed by atoms with Crippen LogP contribution in [0.25, 0.3) is 10.9 Å². The number of piperazine rings is 1. The second kappa shape index (κ2) is 8.35. The van der Waals surface area contributed by atoms with E-state index in [1.165, 1.54) is 10.9 Å². The van der Waals surface area contributed by atoms with Gasteiger partial charge in [-0.1, -0.05) is 18.2 Å². The van der Waals surface area contributed by atoms with Gasteiger partial charge >= 0.3 is 0 Å². The number of hydrogen-bond acceptors (Lipinski definition) is 5. The lowest BCUT2D eigenvalue weighted by Gasteiger charge is -2.38. The number of nitrogens with zero attached hydrogens (tertiary/aromatic N) is 5. The van der Waals surface area contributed by atoms with Gasteiger partial charge in [-0.15, -0.1) is 0 Å². The van der Waals surface area contributed by atoms with Gasteiger partial charge in [0.25, 0.3) is 0 Å². The molecule has 6 heteroatoms. The molecule has 2 aliphatic heterocycles. The van der Waals surface area contributed by atoms with Crippen LogP contribution in [-0.4, -0.2) is 46.5 Å². The van der Waals surface area contributed by atoms with E-state index in [2.05, 4.69) is 44.0 Å². The van der Waals surface area contributed by atoms with E-state index in [-0.39, 0.29) is 12.0 Å². The molecule has 0 unspecified atom stereocenters. The Morgan fingerprint density at radius 2 is 2.03 bits per heavy atom. The molecular weight excluding hydrogens is 386 g/mol. The topological polar surface area (TPSA) is 73.1 Å². The summed E-state index contributed by atoms with van der Waals surface area (Å²) in [5.41, 5.74) is 2.91. The van der Waals surface area contributed by atoms with E-state index in [4.69, 9.17) is 5.26 Å². The standard InChI is InChI=1S/C25H25N5O/c26-15-18-9-10-24(28-16-18)29-12-13-30-21(17-29)14-20(25(30)31)6-1-4-19-5-2-8-23-22(19)7-3-11-27-23/h2-3,5,7-11,16,20-21H,1,4,6,12-14,17H2/t20-,21-/m0/s1. The molecule has 2 aliphatic rings. The van der Waals surface area contributed by atoms with Gasteiger partial charge < -0.3 is 9.80 Å². The maximum absolute atomic E-state index is 13.0. The predicted molar refractivity (Wildman–Crippen MR) is 119 cm³/mol. The Morgan fingerprint density at radius 3 is 2.87 bits per heavy atom. The van der Waals surface area contributed by atoms with Crippen molar-refractivity contribution in [3.63, 3.8) is 0 Å². The number of aryl methyl sites for hydroxylation is 1. The van der Waals surface area contributed by atoms with Gasteiger partial charge in [0.1, 0.15) is 11.9 Å². The first-order chi connectivity index (χ1) is 15.2. The van der Waals surface area contributed by atoms with Crippen molar-refractivity contribution >= 4 is 22.6 Å². The van der Waals surface area contributed by atoms with Crippen LogP contribution in [0.5, 0.6) is 0 Å². The molecule has 4 heterocycles. The van der Waals surface area contributed by atoms with Crippen molar-refractivity contribution in [3.8, 4) is 6.07 Å². The van der Waals surface area contributed by atoms with Crippen molar-refractivity contribution < 1.29 is 4.79 Å². The maximum Gasteiger partial charge on any atom is 0.226 e. The van der Waals surface area contributed by atoms with Gasteiger partial charge in [0, 0.05) is 43.3 Å². The summed E-state index contributed by atoms with van der Waals surface area (Å²) in [6.07, 6.45) is 7.27. The fraction of sp³-hybridized carbons (Fsp3) is 0.360. The van der Waals surface area contributed by atoms with Crippen molar-refractivity contribution in [3.05, 3.63) is 66.0 Å². The minimum absolute atomic E-state index is 0.118. The summed E-state index contributed by atoms with van der Waals surface area (Å²) >= 11 is 0. The van der Waals surface area contributed by atoms with E-state index in [0.29, 0.717) is 11.5 Å². The molecule has 2 saturated heterocycles. The summed E-state index contributed by atoms with van der Waals surface area (Å²) in [6.45, 7) is 2.35. The predicted octanol–water partition coefficient (Wildman–Crippen LogP) is 3.56. The molecule has 0 spiro atoms. The largest absolute Gasteiger partial charge is 0.353 e. The molecule has 156 valence electrons. The van der Waals surface area contributed by atoms with E-state index in [1.807, 2.05) is 24.4 Å². The van der Waals surface area contributed by atoms with E-state index < -0.39 is 0 Å². The molecule has 1 aromatic carbocycles. The minimum Gasteiger partial charge on any atom is -0.353 e. The summed E-state index contributed by atoms with van der Waals surface area (Å²) in [5.74, 6) is 1.32. The number of fused-ring (bicyclic) bond motifs is 2. The van der Waals surface area contributed by atoms with Crippen LogP contribution >= 0.6 is 0 Å². The quantitative estimate of drug-likeness (QED) is 0.642. The van der Waals surface area contributed by atoms with Crippen LogP contribution in [0.15, 0.2) is 54.9 Å². The highest BCUT2D eigenvalue weighted by atomic mass is 16.2. The zero-order valence-electron chi connectivity index (χ0n) is 17.4. The molecule has 5 rings (SSSR count). The van der Waals surface area contributed by atoms with Crippen LogP contribution in [0.4, 0.5) is 5.82 Å². The van der Waals surface area contributed by atoms with Gasteiger partial charge in [0.05, 0.1) is 17.1 Å². The summed E-state index contributed by atoms with van der Waals surface area (Å²) in [6, 6.07) is 16.5. The number of benzene rings is 1. The summed E-state index contributed by atoms with van der Waals surface area (Å²) in [5, 5.41) is 10.2. The molecule has 2 aromatic heterocycles. The molecule has 0 saturated carbocycles. The molecule has 0 bridgehead atoms. The van der Waals surface area contributed by atoms with Crippen LogP contribution in [0.1, 0.15) is 30.4 Å². The molecule has 1 amide bonds. The van der Waals surface area contributed by atoms with Crippen molar-refractivity contribution in [1.29, 1.82) is 5.26 Å². The fourth-order valence-electron chi connectivity index (χ4n) is 5.02. The van der Waals surface area contributed by atoms with Crippen molar-refractivity contribution in [2.75, 3.05) is 24.5 Å². The van der Waals surface area contributed by atoms with Gasteiger partial charge in [0.2, 0.25) is 5.91 Å². The first kappa shape index (κ1) is 19.5. The third kappa shape index (κ3) is 3.84. The number of carbonyl (C=O) groups excluding carboxylic acids is 1. The van der Waals surface area contributed by atoms with E-state index in [1.54, 1.807) is 12.3 Å². The number of carbonyl (C=O) groups is 1. The van der Waals surface area contributed by atoms with E-state index in [9.17, 15) is 4.79 Å². The highest BCUT2D eigenvalue weighted by molar-refractivity contribution is 5.82. The number of pyridine rings is 2. The van der Waals surface area contributed by atoms with E-state index >= 15 is 0 Å². The molecule has 0 radical (unpaired) electrons. The smallest absolute Gasteiger partial charge is 0.226 e. The molecule has 31 heavy (non-hydrogen) atoms. The number of amides is 1. The lowest BCUT2D eigenvalue weighted by Crippen LogP contribution is -2.51. The molecule has 0 aliphatic carbocycles. The summed E-state index contributed by atoms with van der Waals surface area (Å²) in [4.78, 5) is 26.2. The Kier molecular flexibility index (Phi) is 5.25. The SMILES string of the molecule is N#Cc1ccc(N2CCN3C(=O)[C@@H](CCCc4cccc5ncccc45)C[C@H]3C2)nc1. The molecule has 3 aromatic rings. The van der Waals surface area contributed by atoms with Crippen LogP contribution in [0.2, 0.25) is 0 Å². The van der Waals surface area contributed by atoms with Crippen LogP contribution < -0.4 is 4.90 Å². The second-order valence-electron chi connectivity index (χ2n) is 8.46. The molecule has 2 fully saturated rings. The molecule has 2 atom stereocenters. The van der Waals surface area contributed by atoms with E-state index in [0.717, 1.165) is 56.7 Å². The van der Waals surface area contributed by atoms with Crippen LogP contribution in [-0.2, 0) is 11.2 Å². The average molecular weight is 412 g/mol. The van der Waals surface area contributed by atoms with Crippen LogP contribution in [0, 0.1) is 17.2 Å². The zero-order valence-corrected chi connectivity index (χ0v) is 17.4. The number of hydrogen-bond donors (Lipinski definition) is 0. The Balaban J connectivity index is 1.20. The molecular formula is C25H25N5O. The highest BCUT2D eigenvalue weighted by Gasteiger charge is 2.42. The Bertz CT molecular complexity index is 1130. The highest BCUT2D eigenvalue weighted by Crippen LogP contribution is 2.32. The van der Waals surface area contributed by atoms with Crippen LogP contribution in [0.3, 0.4) is 0 Å². The fourth-order valence-corrected chi connectivity index (χ4v) is 5.02. The normalized spacial score (nSPS) is 20.7. The third-order valence-electron chi connectivity index (χ3n) is 6.61. The lowest BCUT2D eigenvalue weighted by atomic mass is 9.95. The maximum atomic E-state index is 13.0. The summed E-state index contributed by atoms with van der Waals surface area (Å²) < 4.78 is 0. The first-order valence-electron chi connectivity index (χ1n) is 11.0. The molecule has 0 N–H and O–H groups in total. The van der Waals surface area contributed by atoms with Gasteiger partial charge in [-0.3, -0.25) is 9.78 Å². The summed E-state index contributed by atoms with van der Waals surface area (Å²) in [7, 11) is 0. The minimum atomic E-state index is 0.118. The number of aromatic nitrogens is 2. The lowest BCUT2D eigenvalue weighted by molar-refractivity contribution is -0.132.